The van der Waals surface area contributed by atoms with Crippen LogP contribution in [-0.2, 0) is 6.42 Å². The molecule has 0 amide bonds. The highest BCUT2D eigenvalue weighted by Gasteiger charge is 2.09. The molecular formula is C15H28N4. The summed E-state index contributed by atoms with van der Waals surface area (Å²) >= 11 is 0. The Labute approximate surface area is 117 Å². The van der Waals surface area contributed by atoms with Gasteiger partial charge in [0.25, 0.3) is 0 Å². The molecule has 0 aromatic carbocycles. The van der Waals surface area contributed by atoms with Crippen LogP contribution < -0.4 is 10.2 Å². The van der Waals surface area contributed by atoms with Crippen LogP contribution in [0.4, 0.5) is 11.6 Å². The second-order valence-electron chi connectivity index (χ2n) is 4.74. The lowest BCUT2D eigenvalue weighted by Gasteiger charge is -2.22. The third-order valence-electron chi connectivity index (χ3n) is 3.12. The molecule has 4 heteroatoms. The van der Waals surface area contributed by atoms with Crippen LogP contribution in [0.1, 0.15) is 52.8 Å². The maximum Gasteiger partial charge on any atom is 0.134 e. The Morgan fingerprint density at radius 1 is 1.11 bits per heavy atom. The monoisotopic (exact) mass is 264 g/mol. The third kappa shape index (κ3) is 5.05. The number of aromatic nitrogens is 2. The lowest BCUT2D eigenvalue weighted by molar-refractivity contribution is 0.719. The van der Waals surface area contributed by atoms with Crippen LogP contribution in [-0.4, -0.2) is 29.6 Å². The number of nitrogens with zero attached hydrogens (tertiary/aromatic N) is 3. The standard InChI is InChI=1S/C15H28N4/c1-5-9-11-19(8-4)15-12-14(16-10-6-2)17-13(7-3)18-15/h12H,5-11H2,1-4H3,(H,16,17,18). The highest BCUT2D eigenvalue weighted by molar-refractivity contribution is 5.49. The fraction of sp³-hybridized carbons (Fsp3) is 0.733. The summed E-state index contributed by atoms with van der Waals surface area (Å²) in [7, 11) is 0. The van der Waals surface area contributed by atoms with Crippen molar-refractivity contribution in [2.45, 2.75) is 53.4 Å². The van der Waals surface area contributed by atoms with Crippen LogP contribution in [0.2, 0.25) is 0 Å². The average molecular weight is 264 g/mol. The Balaban J connectivity index is 2.89. The molecule has 1 aromatic heterocycles. The fourth-order valence-electron chi connectivity index (χ4n) is 1.93. The predicted molar refractivity (Wildman–Crippen MR) is 83.0 cm³/mol. The molecule has 0 aliphatic rings. The van der Waals surface area contributed by atoms with E-state index < -0.39 is 0 Å². The van der Waals surface area contributed by atoms with E-state index in [9.17, 15) is 0 Å². The number of unbranched alkanes of at least 4 members (excludes halogenated alkanes) is 1. The largest absolute Gasteiger partial charge is 0.370 e. The summed E-state index contributed by atoms with van der Waals surface area (Å²) in [6.45, 7) is 11.7. The van der Waals surface area contributed by atoms with Gasteiger partial charge in [-0.2, -0.15) is 0 Å². The van der Waals surface area contributed by atoms with Crippen LogP contribution in [0.3, 0.4) is 0 Å². The number of hydrogen-bond acceptors (Lipinski definition) is 4. The first-order valence-electron chi connectivity index (χ1n) is 7.61. The minimum Gasteiger partial charge on any atom is -0.370 e. The van der Waals surface area contributed by atoms with Crippen LogP contribution in [0.15, 0.2) is 6.07 Å². The summed E-state index contributed by atoms with van der Waals surface area (Å²) in [5, 5.41) is 3.37. The van der Waals surface area contributed by atoms with E-state index in [1.807, 2.05) is 0 Å². The van der Waals surface area contributed by atoms with Crippen molar-refractivity contribution in [1.82, 2.24) is 9.97 Å². The number of nitrogens with one attached hydrogen (secondary N) is 1. The van der Waals surface area contributed by atoms with Crippen molar-refractivity contribution >= 4 is 11.6 Å². The topological polar surface area (TPSA) is 41.0 Å². The summed E-state index contributed by atoms with van der Waals surface area (Å²) in [5.74, 6) is 2.94. The van der Waals surface area contributed by atoms with Gasteiger partial charge in [0.1, 0.15) is 17.5 Å². The van der Waals surface area contributed by atoms with Crippen molar-refractivity contribution in [3.05, 3.63) is 11.9 Å². The first-order chi connectivity index (χ1) is 9.24. The van der Waals surface area contributed by atoms with Gasteiger partial charge in [0, 0.05) is 32.1 Å². The Hall–Kier alpha value is -1.32. The second-order valence-corrected chi connectivity index (χ2v) is 4.74. The molecule has 0 bridgehead atoms. The van der Waals surface area contributed by atoms with Gasteiger partial charge < -0.3 is 10.2 Å². The van der Waals surface area contributed by atoms with Crippen molar-refractivity contribution in [3.63, 3.8) is 0 Å². The van der Waals surface area contributed by atoms with Gasteiger partial charge in [-0.05, 0) is 19.8 Å². The molecule has 0 unspecified atom stereocenters. The zero-order chi connectivity index (χ0) is 14.1. The van der Waals surface area contributed by atoms with Gasteiger partial charge >= 0.3 is 0 Å². The highest BCUT2D eigenvalue weighted by atomic mass is 15.2. The van der Waals surface area contributed by atoms with Crippen LogP contribution >= 0.6 is 0 Å². The van der Waals surface area contributed by atoms with Gasteiger partial charge in [-0.3, -0.25) is 0 Å². The van der Waals surface area contributed by atoms with Gasteiger partial charge in [0.05, 0.1) is 0 Å². The van der Waals surface area contributed by atoms with E-state index in [-0.39, 0.29) is 0 Å². The molecule has 0 radical (unpaired) electrons. The molecule has 4 nitrogen and oxygen atoms in total. The predicted octanol–water partition coefficient (Wildman–Crippen LogP) is 3.49. The maximum absolute atomic E-state index is 4.66. The van der Waals surface area contributed by atoms with Gasteiger partial charge in [-0.1, -0.05) is 27.2 Å². The van der Waals surface area contributed by atoms with Crippen molar-refractivity contribution in [1.29, 1.82) is 0 Å². The van der Waals surface area contributed by atoms with E-state index in [1.54, 1.807) is 0 Å². The van der Waals surface area contributed by atoms with Crippen molar-refractivity contribution in [2.75, 3.05) is 29.9 Å². The smallest absolute Gasteiger partial charge is 0.134 e. The summed E-state index contributed by atoms with van der Waals surface area (Å²) in [6.07, 6.45) is 4.40. The molecule has 1 rings (SSSR count). The molecule has 0 aliphatic heterocycles. The van der Waals surface area contributed by atoms with Crippen molar-refractivity contribution in [2.24, 2.45) is 0 Å². The minimum atomic E-state index is 0.875. The summed E-state index contributed by atoms with van der Waals surface area (Å²) in [4.78, 5) is 11.5. The van der Waals surface area contributed by atoms with Crippen LogP contribution in [0.5, 0.6) is 0 Å². The van der Waals surface area contributed by atoms with E-state index >= 15 is 0 Å². The molecule has 0 saturated carbocycles. The molecule has 1 heterocycles. The molecule has 0 fully saturated rings. The van der Waals surface area contributed by atoms with E-state index in [0.29, 0.717) is 0 Å². The first kappa shape index (κ1) is 15.7. The molecule has 0 spiro atoms. The number of hydrogen-bond donors (Lipinski definition) is 1. The van der Waals surface area contributed by atoms with E-state index in [4.69, 9.17) is 0 Å². The minimum absolute atomic E-state index is 0.875. The average Bonchev–Trinajstić information content (AvgIpc) is 2.45. The van der Waals surface area contributed by atoms with Gasteiger partial charge in [0.2, 0.25) is 0 Å². The lowest BCUT2D eigenvalue weighted by Crippen LogP contribution is -2.25. The number of anilines is 2. The number of rotatable bonds is 9. The molecule has 19 heavy (non-hydrogen) atoms. The third-order valence-corrected chi connectivity index (χ3v) is 3.12. The van der Waals surface area contributed by atoms with Crippen LogP contribution in [0.25, 0.3) is 0 Å². The van der Waals surface area contributed by atoms with Gasteiger partial charge in [-0.15, -0.1) is 0 Å². The highest BCUT2D eigenvalue weighted by Crippen LogP contribution is 2.17. The lowest BCUT2D eigenvalue weighted by atomic mass is 10.3. The van der Waals surface area contributed by atoms with Gasteiger partial charge in [-0.25, -0.2) is 9.97 Å². The Morgan fingerprint density at radius 3 is 2.47 bits per heavy atom. The fourth-order valence-corrected chi connectivity index (χ4v) is 1.93. The summed E-state index contributed by atoms with van der Waals surface area (Å²) < 4.78 is 0. The molecule has 0 saturated heterocycles. The summed E-state index contributed by atoms with van der Waals surface area (Å²) in [5.41, 5.74) is 0. The SMILES string of the molecule is CCCCN(CC)c1cc(NCCC)nc(CC)n1. The second kappa shape index (κ2) is 8.73. The Morgan fingerprint density at radius 2 is 1.89 bits per heavy atom. The van der Waals surface area contributed by atoms with Crippen molar-refractivity contribution in [3.8, 4) is 0 Å². The van der Waals surface area contributed by atoms with E-state index in [1.165, 1.54) is 12.8 Å². The summed E-state index contributed by atoms with van der Waals surface area (Å²) in [6, 6.07) is 2.08. The van der Waals surface area contributed by atoms with Crippen molar-refractivity contribution < 1.29 is 0 Å². The normalized spacial score (nSPS) is 10.5. The zero-order valence-electron chi connectivity index (χ0n) is 12.9. The van der Waals surface area contributed by atoms with E-state index in [2.05, 4.69) is 53.9 Å². The zero-order valence-corrected chi connectivity index (χ0v) is 12.9. The maximum atomic E-state index is 4.66. The molecule has 1 N–H and O–H groups in total. The molecule has 1 aromatic rings. The Kier molecular flexibility index (Phi) is 7.23. The van der Waals surface area contributed by atoms with E-state index in [0.717, 1.165) is 49.9 Å². The molecule has 0 atom stereocenters. The molecular weight excluding hydrogens is 236 g/mol. The Bertz CT molecular complexity index is 365. The number of aryl methyl sites for hydroxylation is 1. The molecule has 0 aliphatic carbocycles. The quantitative estimate of drug-likeness (QED) is 0.741. The van der Waals surface area contributed by atoms with Gasteiger partial charge in [0.15, 0.2) is 0 Å². The molecule has 108 valence electrons. The van der Waals surface area contributed by atoms with Crippen LogP contribution in [0, 0.1) is 0 Å². The first-order valence-corrected chi connectivity index (χ1v) is 7.61.